The Morgan fingerprint density at radius 3 is 2.41 bits per heavy atom. The molecule has 1 aromatic carbocycles. The van der Waals surface area contributed by atoms with Crippen molar-refractivity contribution in [3.05, 3.63) is 87.6 Å². The molecule has 0 bridgehead atoms. The van der Waals surface area contributed by atoms with E-state index in [1.807, 2.05) is 58.0 Å². The number of aromatic nitrogens is 2. The number of nitrogens with zero attached hydrogens (tertiary/aromatic N) is 2. The van der Waals surface area contributed by atoms with Crippen molar-refractivity contribution in [3.8, 4) is 11.1 Å². The van der Waals surface area contributed by atoms with Crippen LogP contribution in [0.3, 0.4) is 0 Å². The first-order chi connectivity index (χ1) is 17.6. The van der Waals surface area contributed by atoms with Gasteiger partial charge in [0.05, 0.1) is 12.5 Å². The number of hydrogen-bond acceptors (Lipinski definition) is 4. The quantitative estimate of drug-likeness (QED) is 0.391. The molecule has 2 atom stereocenters. The van der Waals surface area contributed by atoms with Crippen molar-refractivity contribution in [2.24, 2.45) is 5.92 Å². The first-order valence-electron chi connectivity index (χ1n) is 12.9. The number of amides is 1. The normalized spacial score (nSPS) is 14.8. The molecule has 0 spiro atoms. The highest BCUT2D eigenvalue weighted by Crippen LogP contribution is 2.39. The molecule has 1 saturated carbocycles. The maximum Gasteiger partial charge on any atom is 0.305 e. The van der Waals surface area contributed by atoms with E-state index in [9.17, 15) is 19.5 Å². The van der Waals surface area contributed by atoms with Crippen LogP contribution in [0.5, 0.6) is 0 Å². The van der Waals surface area contributed by atoms with Crippen LogP contribution in [-0.2, 0) is 9.59 Å². The van der Waals surface area contributed by atoms with Crippen molar-refractivity contribution in [1.29, 1.82) is 0 Å². The lowest BCUT2D eigenvalue weighted by Crippen LogP contribution is -2.40. The summed E-state index contributed by atoms with van der Waals surface area (Å²) in [5.41, 5.74) is 5.49. The largest absolute Gasteiger partial charge is 0.481 e. The van der Waals surface area contributed by atoms with Crippen molar-refractivity contribution in [3.63, 3.8) is 0 Å². The highest BCUT2D eigenvalue weighted by molar-refractivity contribution is 5.82. The van der Waals surface area contributed by atoms with Gasteiger partial charge in [-0.05, 0) is 84.9 Å². The Kier molecular flexibility index (Phi) is 7.91. The lowest BCUT2D eigenvalue weighted by Gasteiger charge is -2.25. The summed E-state index contributed by atoms with van der Waals surface area (Å²) in [5.74, 6) is -0.818. The van der Waals surface area contributed by atoms with Crippen LogP contribution in [0.4, 0.5) is 0 Å². The van der Waals surface area contributed by atoms with Gasteiger partial charge in [0, 0.05) is 30.2 Å². The summed E-state index contributed by atoms with van der Waals surface area (Å²) in [4.78, 5) is 42.7. The molecule has 7 nitrogen and oxygen atoms in total. The highest BCUT2D eigenvalue weighted by Gasteiger charge is 2.29. The monoisotopic (exact) mass is 501 g/mol. The number of aliphatic carboxylic acids is 1. The second kappa shape index (κ2) is 11.1. The number of benzene rings is 1. The summed E-state index contributed by atoms with van der Waals surface area (Å²) in [6.07, 6.45) is 7.39. The van der Waals surface area contributed by atoms with Crippen LogP contribution in [0.25, 0.3) is 11.1 Å². The number of carboxylic acid groups (broad SMARTS) is 1. The Hall–Kier alpha value is -3.74. The minimum Gasteiger partial charge on any atom is -0.481 e. The number of carbonyl (C=O) groups is 2. The summed E-state index contributed by atoms with van der Waals surface area (Å²) < 4.78 is 1.48. The lowest BCUT2D eigenvalue weighted by molar-refractivity contribution is -0.138. The maximum absolute atomic E-state index is 13.6. The third-order valence-electron chi connectivity index (χ3n) is 6.98. The van der Waals surface area contributed by atoms with Gasteiger partial charge in [-0.15, -0.1) is 0 Å². The van der Waals surface area contributed by atoms with Crippen LogP contribution in [-0.4, -0.2) is 26.5 Å². The molecule has 0 radical (unpaired) electrons. The molecule has 2 N–H and O–H groups in total. The molecule has 1 aliphatic carbocycles. The number of hydrogen-bond donors (Lipinski definition) is 2. The van der Waals surface area contributed by atoms with Gasteiger partial charge in [-0.3, -0.25) is 19.4 Å². The van der Waals surface area contributed by atoms with Crippen molar-refractivity contribution >= 4 is 11.9 Å². The Labute approximate surface area is 217 Å². The second-order valence-corrected chi connectivity index (χ2v) is 10.6. The molecule has 2 heterocycles. The van der Waals surface area contributed by atoms with Gasteiger partial charge in [-0.2, -0.15) is 0 Å². The number of nitrogens with one attached hydrogen (secondary N) is 1. The Bertz CT molecular complexity index is 1340. The number of pyridine rings is 2. The van der Waals surface area contributed by atoms with E-state index < -0.39 is 18.1 Å². The highest BCUT2D eigenvalue weighted by atomic mass is 16.4. The zero-order valence-corrected chi connectivity index (χ0v) is 21.9. The van der Waals surface area contributed by atoms with Gasteiger partial charge < -0.3 is 15.0 Å². The smallest absolute Gasteiger partial charge is 0.305 e. The number of carboxylic acids is 1. The van der Waals surface area contributed by atoms with E-state index in [0.717, 1.165) is 40.7 Å². The molecule has 0 saturated heterocycles. The molecule has 194 valence electrons. The third-order valence-corrected chi connectivity index (χ3v) is 6.98. The van der Waals surface area contributed by atoms with Crippen molar-refractivity contribution in [1.82, 2.24) is 14.9 Å². The lowest BCUT2D eigenvalue weighted by atomic mass is 9.94. The van der Waals surface area contributed by atoms with E-state index in [1.165, 1.54) is 4.57 Å². The Balaban J connectivity index is 1.65. The average Bonchev–Trinajstić information content (AvgIpc) is 3.68. The number of carbonyl (C=O) groups excluding carboxylic acids is 1. The fourth-order valence-electron chi connectivity index (χ4n) is 4.98. The topological polar surface area (TPSA) is 101 Å². The van der Waals surface area contributed by atoms with E-state index >= 15 is 0 Å². The minimum atomic E-state index is -1.03. The van der Waals surface area contributed by atoms with Crippen LogP contribution in [0, 0.1) is 19.8 Å². The standard InChI is InChI=1S/C30H35N3O4/c1-18(2)12-26(33-11-10-22(14-27(33)34)21-8-9-21)30(37)32-25(15-28(35)36)23-13-24(17-31-16-23)29-19(3)6-5-7-20(29)4/h5-7,10-11,13-14,16-18,21,25-26H,8-9,12,15H2,1-4H3,(H,32,37)(H,35,36). The van der Waals surface area contributed by atoms with Crippen molar-refractivity contribution in [2.45, 2.75) is 71.4 Å². The SMILES string of the molecule is Cc1cccc(C)c1-c1cncc(C(CC(=O)O)NC(=O)C(CC(C)C)n2ccc(C3CC3)cc2=O)c1. The molecule has 7 heteroatoms. The number of aryl methyl sites for hydroxylation is 2. The molecule has 1 fully saturated rings. The molecule has 4 rings (SSSR count). The van der Waals surface area contributed by atoms with E-state index in [1.54, 1.807) is 24.7 Å². The summed E-state index contributed by atoms with van der Waals surface area (Å²) in [6, 6.07) is 9.95. The Morgan fingerprint density at radius 2 is 1.81 bits per heavy atom. The Morgan fingerprint density at radius 1 is 1.11 bits per heavy atom. The summed E-state index contributed by atoms with van der Waals surface area (Å²) in [6.45, 7) is 8.04. The van der Waals surface area contributed by atoms with Gasteiger partial charge >= 0.3 is 5.97 Å². The van der Waals surface area contributed by atoms with Crippen LogP contribution in [0.15, 0.2) is 59.8 Å². The van der Waals surface area contributed by atoms with Crippen LogP contribution >= 0.6 is 0 Å². The molecule has 1 amide bonds. The first kappa shape index (κ1) is 26.3. The van der Waals surface area contributed by atoms with Gasteiger partial charge in [0.15, 0.2) is 0 Å². The summed E-state index contributed by atoms with van der Waals surface area (Å²) in [5, 5.41) is 12.6. The molecular weight excluding hydrogens is 466 g/mol. The van der Waals surface area contributed by atoms with Crippen molar-refractivity contribution < 1.29 is 14.7 Å². The van der Waals surface area contributed by atoms with Crippen LogP contribution < -0.4 is 10.9 Å². The molecule has 0 aliphatic heterocycles. The zero-order chi connectivity index (χ0) is 26.7. The van der Waals surface area contributed by atoms with Gasteiger partial charge in [-0.1, -0.05) is 32.0 Å². The van der Waals surface area contributed by atoms with Gasteiger partial charge in [0.2, 0.25) is 5.91 Å². The van der Waals surface area contributed by atoms with Gasteiger partial charge in [0.1, 0.15) is 6.04 Å². The minimum absolute atomic E-state index is 0.151. The van der Waals surface area contributed by atoms with E-state index in [2.05, 4.69) is 10.3 Å². The van der Waals surface area contributed by atoms with Crippen molar-refractivity contribution in [2.75, 3.05) is 0 Å². The average molecular weight is 502 g/mol. The van der Waals surface area contributed by atoms with E-state index in [-0.39, 0.29) is 23.8 Å². The molecule has 37 heavy (non-hydrogen) atoms. The zero-order valence-electron chi connectivity index (χ0n) is 21.9. The summed E-state index contributed by atoms with van der Waals surface area (Å²) in [7, 11) is 0. The molecule has 2 unspecified atom stereocenters. The fourth-order valence-corrected chi connectivity index (χ4v) is 4.98. The molecule has 2 aromatic heterocycles. The van der Waals surface area contributed by atoms with E-state index in [4.69, 9.17) is 0 Å². The molecule has 1 aliphatic rings. The first-order valence-corrected chi connectivity index (χ1v) is 12.9. The third kappa shape index (κ3) is 6.34. The van der Waals surface area contributed by atoms with Crippen LogP contribution in [0.2, 0.25) is 0 Å². The maximum atomic E-state index is 13.6. The number of rotatable bonds is 10. The van der Waals surface area contributed by atoms with Gasteiger partial charge in [-0.25, -0.2) is 0 Å². The van der Waals surface area contributed by atoms with Crippen LogP contribution in [0.1, 0.15) is 79.8 Å². The fraction of sp³-hybridized carbons (Fsp3) is 0.400. The van der Waals surface area contributed by atoms with E-state index in [0.29, 0.717) is 17.9 Å². The predicted molar refractivity (Wildman–Crippen MR) is 143 cm³/mol. The summed E-state index contributed by atoms with van der Waals surface area (Å²) >= 11 is 0. The second-order valence-electron chi connectivity index (χ2n) is 10.6. The van der Waals surface area contributed by atoms with Gasteiger partial charge in [0.25, 0.3) is 5.56 Å². The molecular formula is C30H35N3O4. The predicted octanol–water partition coefficient (Wildman–Crippen LogP) is 5.32. The molecule has 3 aromatic rings.